The molecule has 248 valence electrons. The molecule has 11 heteroatoms. The van der Waals surface area contributed by atoms with E-state index in [-0.39, 0.29) is 25.4 Å². The van der Waals surface area contributed by atoms with E-state index in [1.807, 2.05) is 60.7 Å². The summed E-state index contributed by atoms with van der Waals surface area (Å²) in [5.74, 6) is -0.918. The van der Waals surface area contributed by atoms with Gasteiger partial charge in [-0.05, 0) is 62.8 Å². The monoisotopic (exact) mass is 634 g/mol. The predicted molar refractivity (Wildman–Crippen MR) is 174 cm³/mol. The molecule has 2 aromatic carbocycles. The molecule has 11 nitrogen and oxygen atoms in total. The first-order chi connectivity index (χ1) is 21.8. The van der Waals surface area contributed by atoms with E-state index in [1.54, 1.807) is 59.0 Å². The van der Waals surface area contributed by atoms with Crippen molar-refractivity contribution in [3.8, 4) is 0 Å². The summed E-state index contributed by atoms with van der Waals surface area (Å²) in [6.07, 6.45) is -2.68. The van der Waals surface area contributed by atoms with E-state index in [4.69, 9.17) is 9.47 Å². The standard InChI is InChI=1S/C35H46N4O7/c1-23(2)29(39-33(43)45-22-26-18-12-13-19-36-26)32(42)37-27(20-24-14-8-6-9-15-24)30(40)31(41)28(21-25-16-10-7-11-17-25)38-34(44)46-35(3,4)5/h6-19,23,27-31,40-41H,20-22H2,1-5H3,(H,37,42)(H,38,44)(H,39,43)/t27-,28-,29-,30-,31+/m0/s1. The number of hydrogen-bond donors (Lipinski definition) is 5. The fraction of sp³-hybridized carbons (Fsp3) is 0.429. The zero-order valence-electron chi connectivity index (χ0n) is 27.1. The molecular formula is C35H46N4O7. The summed E-state index contributed by atoms with van der Waals surface area (Å²) in [5, 5.41) is 31.3. The van der Waals surface area contributed by atoms with Crippen molar-refractivity contribution < 1.29 is 34.1 Å². The molecule has 0 unspecified atom stereocenters. The summed E-state index contributed by atoms with van der Waals surface area (Å²) < 4.78 is 10.7. The van der Waals surface area contributed by atoms with Crippen LogP contribution in [-0.2, 0) is 33.7 Å². The van der Waals surface area contributed by atoms with Crippen LogP contribution >= 0.6 is 0 Å². The first kappa shape index (κ1) is 36.0. The van der Waals surface area contributed by atoms with Crippen molar-refractivity contribution in [2.75, 3.05) is 0 Å². The Morgan fingerprint density at radius 2 is 1.26 bits per heavy atom. The molecule has 0 radical (unpaired) electrons. The maximum absolute atomic E-state index is 13.6. The van der Waals surface area contributed by atoms with Crippen LogP contribution in [0.1, 0.15) is 51.4 Å². The van der Waals surface area contributed by atoms with Crippen LogP contribution in [0.5, 0.6) is 0 Å². The Balaban J connectivity index is 1.81. The van der Waals surface area contributed by atoms with Crippen LogP contribution in [0.15, 0.2) is 85.1 Å². The first-order valence-electron chi connectivity index (χ1n) is 15.4. The maximum atomic E-state index is 13.6. The number of aromatic nitrogens is 1. The SMILES string of the molecule is CC(C)[C@H](NC(=O)OCc1ccccn1)C(=O)N[C@@H](Cc1ccccc1)[C@H](O)[C@H](O)[C@H](Cc1ccccc1)NC(=O)OC(C)(C)C. The van der Waals surface area contributed by atoms with Gasteiger partial charge in [-0.1, -0.05) is 80.6 Å². The summed E-state index contributed by atoms with van der Waals surface area (Å²) in [7, 11) is 0. The highest BCUT2D eigenvalue weighted by Gasteiger charge is 2.37. The van der Waals surface area contributed by atoms with Gasteiger partial charge in [-0.25, -0.2) is 9.59 Å². The lowest BCUT2D eigenvalue weighted by Gasteiger charge is -2.34. The molecule has 0 bridgehead atoms. The normalized spacial score (nSPS) is 14.7. The zero-order chi connectivity index (χ0) is 33.7. The Bertz CT molecular complexity index is 1370. The molecule has 5 atom stereocenters. The summed E-state index contributed by atoms with van der Waals surface area (Å²) in [5.41, 5.74) is 1.37. The lowest BCUT2D eigenvalue weighted by atomic mass is 9.90. The number of aliphatic hydroxyl groups is 2. The highest BCUT2D eigenvalue weighted by atomic mass is 16.6. The first-order valence-corrected chi connectivity index (χ1v) is 15.4. The molecule has 0 aliphatic carbocycles. The number of nitrogens with zero attached hydrogens (tertiary/aromatic N) is 1. The fourth-order valence-corrected chi connectivity index (χ4v) is 4.78. The average Bonchev–Trinajstić information content (AvgIpc) is 3.01. The van der Waals surface area contributed by atoms with Gasteiger partial charge < -0.3 is 35.6 Å². The number of carbonyl (C=O) groups excluding carboxylic acids is 3. The molecule has 0 saturated carbocycles. The van der Waals surface area contributed by atoms with Gasteiger partial charge in [0.2, 0.25) is 5.91 Å². The second-order valence-corrected chi connectivity index (χ2v) is 12.5. The van der Waals surface area contributed by atoms with Gasteiger partial charge in [0.05, 0.1) is 17.8 Å². The van der Waals surface area contributed by atoms with Crippen molar-refractivity contribution in [3.63, 3.8) is 0 Å². The number of amides is 3. The minimum absolute atomic E-state index is 0.0753. The molecule has 0 aliphatic heterocycles. The number of ether oxygens (including phenoxy) is 2. The lowest BCUT2D eigenvalue weighted by molar-refractivity contribution is -0.126. The molecule has 46 heavy (non-hydrogen) atoms. The highest BCUT2D eigenvalue weighted by molar-refractivity contribution is 5.86. The minimum Gasteiger partial charge on any atom is -0.444 e. The lowest BCUT2D eigenvalue weighted by Crippen LogP contribution is -2.60. The van der Waals surface area contributed by atoms with Gasteiger partial charge in [-0.15, -0.1) is 0 Å². The largest absolute Gasteiger partial charge is 0.444 e. The summed E-state index contributed by atoms with van der Waals surface area (Å²) >= 11 is 0. The van der Waals surface area contributed by atoms with Crippen LogP contribution in [0, 0.1) is 5.92 Å². The average molecular weight is 635 g/mol. The second kappa shape index (κ2) is 17.3. The van der Waals surface area contributed by atoms with Gasteiger partial charge in [0.25, 0.3) is 0 Å². The van der Waals surface area contributed by atoms with E-state index < -0.39 is 54.0 Å². The molecule has 3 rings (SSSR count). The van der Waals surface area contributed by atoms with Crippen molar-refractivity contribution in [3.05, 3.63) is 102 Å². The van der Waals surface area contributed by atoms with Gasteiger partial charge in [0.1, 0.15) is 30.5 Å². The van der Waals surface area contributed by atoms with Crippen LogP contribution in [0.4, 0.5) is 9.59 Å². The van der Waals surface area contributed by atoms with Crippen molar-refractivity contribution in [2.24, 2.45) is 5.92 Å². The van der Waals surface area contributed by atoms with E-state index in [0.29, 0.717) is 5.69 Å². The van der Waals surface area contributed by atoms with Gasteiger partial charge in [0.15, 0.2) is 0 Å². The summed E-state index contributed by atoms with van der Waals surface area (Å²) in [6, 6.07) is 20.6. The van der Waals surface area contributed by atoms with Gasteiger partial charge in [-0.2, -0.15) is 0 Å². The van der Waals surface area contributed by atoms with Crippen LogP contribution in [0.3, 0.4) is 0 Å². The van der Waals surface area contributed by atoms with Crippen molar-refractivity contribution >= 4 is 18.1 Å². The third-order valence-corrected chi connectivity index (χ3v) is 7.10. The maximum Gasteiger partial charge on any atom is 0.408 e. The Hall–Kier alpha value is -4.48. The zero-order valence-corrected chi connectivity index (χ0v) is 27.1. The molecule has 3 aromatic rings. The topological polar surface area (TPSA) is 159 Å². The molecule has 1 heterocycles. The van der Waals surface area contributed by atoms with Crippen LogP contribution < -0.4 is 16.0 Å². The number of pyridine rings is 1. The molecule has 3 amide bonds. The Morgan fingerprint density at radius 1 is 0.739 bits per heavy atom. The quantitative estimate of drug-likeness (QED) is 0.179. The summed E-state index contributed by atoms with van der Waals surface area (Å²) in [6.45, 7) is 8.63. The smallest absolute Gasteiger partial charge is 0.408 e. The molecule has 0 aliphatic rings. The Kier molecular flexibility index (Phi) is 13.5. The second-order valence-electron chi connectivity index (χ2n) is 12.5. The summed E-state index contributed by atoms with van der Waals surface area (Å²) in [4.78, 5) is 43.2. The Morgan fingerprint density at radius 3 is 1.74 bits per heavy atom. The molecule has 0 spiro atoms. The van der Waals surface area contributed by atoms with Crippen LogP contribution in [-0.4, -0.2) is 69.2 Å². The molecule has 0 fully saturated rings. The number of rotatable bonds is 14. The number of benzene rings is 2. The third-order valence-electron chi connectivity index (χ3n) is 7.10. The number of carbonyl (C=O) groups is 3. The van der Waals surface area contributed by atoms with Crippen molar-refractivity contribution in [1.29, 1.82) is 0 Å². The molecular weight excluding hydrogens is 588 g/mol. The predicted octanol–water partition coefficient (Wildman–Crippen LogP) is 3.92. The van der Waals surface area contributed by atoms with E-state index in [9.17, 15) is 24.6 Å². The highest BCUT2D eigenvalue weighted by Crippen LogP contribution is 2.17. The molecule has 1 aromatic heterocycles. The third kappa shape index (κ3) is 12.1. The van der Waals surface area contributed by atoms with Gasteiger partial charge in [0, 0.05) is 6.20 Å². The van der Waals surface area contributed by atoms with Crippen molar-refractivity contribution in [1.82, 2.24) is 20.9 Å². The minimum atomic E-state index is -1.53. The van der Waals surface area contributed by atoms with Gasteiger partial charge >= 0.3 is 12.2 Å². The van der Waals surface area contributed by atoms with E-state index in [1.165, 1.54) is 0 Å². The van der Waals surface area contributed by atoms with Gasteiger partial charge in [-0.3, -0.25) is 9.78 Å². The number of alkyl carbamates (subject to hydrolysis) is 2. The fourth-order valence-electron chi connectivity index (χ4n) is 4.78. The van der Waals surface area contributed by atoms with Crippen LogP contribution in [0.2, 0.25) is 0 Å². The molecule has 0 saturated heterocycles. The van der Waals surface area contributed by atoms with Crippen molar-refractivity contribution in [2.45, 2.75) is 90.0 Å². The number of hydrogen-bond acceptors (Lipinski definition) is 8. The Labute approximate surface area is 270 Å². The number of nitrogens with one attached hydrogen (secondary N) is 3. The van der Waals surface area contributed by atoms with Crippen LogP contribution in [0.25, 0.3) is 0 Å². The van der Waals surface area contributed by atoms with E-state index in [2.05, 4.69) is 20.9 Å². The van der Waals surface area contributed by atoms with E-state index in [0.717, 1.165) is 11.1 Å². The molecule has 5 N–H and O–H groups in total. The number of aliphatic hydroxyl groups excluding tert-OH is 2. The van der Waals surface area contributed by atoms with E-state index >= 15 is 0 Å².